The summed E-state index contributed by atoms with van der Waals surface area (Å²) >= 11 is 7.38. The predicted molar refractivity (Wildman–Crippen MR) is 127 cm³/mol. The Balaban J connectivity index is 1.53. The molecule has 2 atom stereocenters. The summed E-state index contributed by atoms with van der Waals surface area (Å²) in [5.74, 6) is 0.548. The Labute approximate surface area is 191 Å². The minimum Gasteiger partial charge on any atom is -0.495 e. The number of hydrogen-bond acceptors (Lipinski definition) is 5. The fraction of sp³-hybridized carbons (Fsp3) is 0.261. The van der Waals surface area contributed by atoms with Gasteiger partial charge in [0.05, 0.1) is 30.6 Å². The van der Waals surface area contributed by atoms with Gasteiger partial charge in [-0.2, -0.15) is 0 Å². The lowest BCUT2D eigenvalue weighted by Crippen LogP contribution is -2.32. The van der Waals surface area contributed by atoms with Crippen LogP contribution in [0, 0.1) is 6.92 Å². The second-order valence-corrected chi connectivity index (χ2v) is 8.62. The van der Waals surface area contributed by atoms with Gasteiger partial charge in [0.1, 0.15) is 5.75 Å². The molecule has 0 bridgehead atoms. The third-order valence-corrected chi connectivity index (χ3v) is 6.77. The minimum atomic E-state index is -0.0877. The number of aromatic nitrogens is 1. The molecule has 4 rings (SSSR count). The lowest BCUT2D eigenvalue weighted by atomic mass is 10.0. The maximum atomic E-state index is 12.7. The summed E-state index contributed by atoms with van der Waals surface area (Å²) in [7, 11) is 1.59. The summed E-state index contributed by atoms with van der Waals surface area (Å²) in [6, 6.07) is 15.3. The Morgan fingerprint density at radius 3 is 2.77 bits per heavy atom. The molecule has 2 N–H and O–H groups in total. The Morgan fingerprint density at radius 2 is 2.06 bits per heavy atom. The van der Waals surface area contributed by atoms with E-state index in [2.05, 4.69) is 38.9 Å². The van der Waals surface area contributed by atoms with Crippen LogP contribution in [-0.2, 0) is 4.79 Å². The largest absolute Gasteiger partial charge is 0.495 e. The zero-order chi connectivity index (χ0) is 21.8. The summed E-state index contributed by atoms with van der Waals surface area (Å²) in [5, 5.41) is 9.10. The number of amides is 1. The summed E-state index contributed by atoms with van der Waals surface area (Å²) in [6.45, 7) is 2.60. The molecule has 31 heavy (non-hydrogen) atoms. The van der Waals surface area contributed by atoms with Crippen molar-refractivity contribution in [1.82, 2.24) is 15.2 Å². The van der Waals surface area contributed by atoms with Crippen molar-refractivity contribution in [2.45, 2.75) is 25.4 Å². The molecule has 1 fully saturated rings. The van der Waals surface area contributed by atoms with Crippen molar-refractivity contribution in [2.75, 3.05) is 19.0 Å². The van der Waals surface area contributed by atoms with E-state index < -0.39 is 0 Å². The van der Waals surface area contributed by atoms with Gasteiger partial charge in [-0.15, -0.1) is 11.3 Å². The van der Waals surface area contributed by atoms with Crippen molar-refractivity contribution in [3.63, 3.8) is 0 Å². The van der Waals surface area contributed by atoms with Crippen LogP contribution >= 0.6 is 23.6 Å². The Kier molecular flexibility index (Phi) is 6.48. The first-order valence-corrected chi connectivity index (χ1v) is 11.3. The number of para-hydroxylation sites is 2. The molecule has 0 unspecified atom stereocenters. The fourth-order valence-corrected chi connectivity index (χ4v) is 5.21. The van der Waals surface area contributed by atoms with Crippen LogP contribution in [0.5, 0.6) is 5.75 Å². The number of pyridine rings is 1. The van der Waals surface area contributed by atoms with Crippen molar-refractivity contribution in [1.29, 1.82) is 0 Å². The standard InChI is InChI=1S/C23H24N4O2S2/c1-15-11-14-31-22(15)21-20(17-8-5-6-12-24-17)26-23(30)27(21)13-10-19(28)25-16-7-3-4-9-18(16)29-2/h3-9,11-12,14,20-21H,10,13H2,1-2H3,(H,25,28)(H,26,30)/t20-,21-/m0/s1. The van der Waals surface area contributed by atoms with Gasteiger partial charge in [0.25, 0.3) is 0 Å². The van der Waals surface area contributed by atoms with Gasteiger partial charge in [-0.25, -0.2) is 0 Å². The number of hydrogen-bond donors (Lipinski definition) is 2. The van der Waals surface area contributed by atoms with Gasteiger partial charge >= 0.3 is 0 Å². The summed E-state index contributed by atoms with van der Waals surface area (Å²) < 4.78 is 5.32. The van der Waals surface area contributed by atoms with Crippen molar-refractivity contribution < 1.29 is 9.53 Å². The highest BCUT2D eigenvalue weighted by Gasteiger charge is 2.40. The lowest BCUT2D eigenvalue weighted by Gasteiger charge is -2.27. The van der Waals surface area contributed by atoms with Crippen LogP contribution in [0.25, 0.3) is 0 Å². The molecule has 0 radical (unpaired) electrons. The zero-order valence-corrected chi connectivity index (χ0v) is 19.0. The Morgan fingerprint density at radius 1 is 1.26 bits per heavy atom. The van der Waals surface area contributed by atoms with E-state index in [-0.39, 0.29) is 18.0 Å². The average molecular weight is 453 g/mol. The van der Waals surface area contributed by atoms with Crippen LogP contribution in [0.2, 0.25) is 0 Å². The minimum absolute atomic E-state index is 0.0125. The molecule has 8 heteroatoms. The zero-order valence-electron chi connectivity index (χ0n) is 17.4. The number of benzene rings is 1. The topological polar surface area (TPSA) is 66.5 Å². The molecule has 160 valence electrons. The molecule has 1 saturated heterocycles. The van der Waals surface area contributed by atoms with Crippen LogP contribution in [-0.4, -0.2) is 34.6 Å². The number of thiophene rings is 1. The third kappa shape index (κ3) is 4.55. The average Bonchev–Trinajstić information content (AvgIpc) is 3.35. The van der Waals surface area contributed by atoms with E-state index in [4.69, 9.17) is 17.0 Å². The smallest absolute Gasteiger partial charge is 0.226 e. The number of carbonyl (C=O) groups is 1. The molecule has 1 aliphatic rings. The highest BCUT2D eigenvalue weighted by molar-refractivity contribution is 7.80. The van der Waals surface area contributed by atoms with Crippen LogP contribution in [0.15, 0.2) is 60.1 Å². The Bertz CT molecular complexity index is 1070. The van der Waals surface area contributed by atoms with E-state index in [1.807, 2.05) is 42.5 Å². The van der Waals surface area contributed by atoms with Gasteiger partial charge in [-0.1, -0.05) is 18.2 Å². The normalized spacial score (nSPS) is 18.0. The number of anilines is 1. The first kappa shape index (κ1) is 21.3. The second-order valence-electron chi connectivity index (χ2n) is 7.29. The van der Waals surface area contributed by atoms with Crippen molar-refractivity contribution in [3.8, 4) is 5.75 Å². The number of rotatable bonds is 7. The first-order valence-electron chi connectivity index (χ1n) is 10.0. The van der Waals surface area contributed by atoms with E-state index in [0.717, 1.165) is 5.69 Å². The van der Waals surface area contributed by atoms with Crippen LogP contribution in [0.3, 0.4) is 0 Å². The maximum Gasteiger partial charge on any atom is 0.226 e. The molecule has 0 saturated carbocycles. The number of nitrogens with one attached hydrogen (secondary N) is 2. The molecule has 1 aromatic carbocycles. The van der Waals surface area contributed by atoms with E-state index >= 15 is 0 Å². The molecule has 6 nitrogen and oxygen atoms in total. The number of thiocarbonyl (C=S) groups is 1. The molecule has 2 aromatic heterocycles. The fourth-order valence-electron chi connectivity index (χ4n) is 3.80. The third-order valence-electron chi connectivity index (χ3n) is 5.33. The van der Waals surface area contributed by atoms with Crippen LogP contribution in [0.1, 0.15) is 34.6 Å². The van der Waals surface area contributed by atoms with Crippen LogP contribution < -0.4 is 15.4 Å². The Hall–Kier alpha value is -2.97. The van der Waals surface area contributed by atoms with E-state index in [0.29, 0.717) is 29.5 Å². The van der Waals surface area contributed by atoms with E-state index in [1.165, 1.54) is 10.4 Å². The van der Waals surface area contributed by atoms with Gasteiger partial charge < -0.3 is 20.3 Å². The lowest BCUT2D eigenvalue weighted by molar-refractivity contribution is -0.116. The highest BCUT2D eigenvalue weighted by Crippen LogP contribution is 2.42. The summed E-state index contributed by atoms with van der Waals surface area (Å²) in [5.41, 5.74) is 2.81. The van der Waals surface area contributed by atoms with Gasteiger partial charge in [-0.05, 0) is 60.4 Å². The summed E-state index contributed by atoms with van der Waals surface area (Å²) in [6.07, 6.45) is 2.09. The quantitative estimate of drug-likeness (QED) is 0.516. The molecule has 0 spiro atoms. The number of ether oxygens (including phenoxy) is 1. The molecule has 3 heterocycles. The molecular formula is C23H24N4O2S2. The molecule has 1 amide bonds. The van der Waals surface area contributed by atoms with Crippen LogP contribution in [0.4, 0.5) is 5.69 Å². The number of carbonyl (C=O) groups excluding carboxylic acids is 1. The summed E-state index contributed by atoms with van der Waals surface area (Å²) in [4.78, 5) is 20.6. The number of aryl methyl sites for hydroxylation is 1. The maximum absolute atomic E-state index is 12.7. The first-order chi connectivity index (χ1) is 15.1. The molecule has 3 aromatic rings. The predicted octanol–water partition coefficient (Wildman–Crippen LogP) is 4.46. The van der Waals surface area contributed by atoms with E-state index in [1.54, 1.807) is 24.6 Å². The van der Waals surface area contributed by atoms with Crippen molar-refractivity contribution in [2.24, 2.45) is 0 Å². The SMILES string of the molecule is COc1ccccc1NC(=O)CCN1C(=S)N[C@@H](c2ccccn2)[C@H]1c1sccc1C. The van der Waals surface area contributed by atoms with Crippen molar-refractivity contribution in [3.05, 3.63) is 76.2 Å². The van der Waals surface area contributed by atoms with Gasteiger partial charge in [0.15, 0.2) is 5.11 Å². The number of methoxy groups -OCH3 is 1. The van der Waals surface area contributed by atoms with Gasteiger partial charge in [-0.3, -0.25) is 9.78 Å². The second kappa shape index (κ2) is 9.45. The highest BCUT2D eigenvalue weighted by atomic mass is 32.1. The molecule has 0 aliphatic carbocycles. The monoisotopic (exact) mass is 452 g/mol. The number of nitrogens with zero attached hydrogens (tertiary/aromatic N) is 2. The van der Waals surface area contributed by atoms with Gasteiger partial charge in [0, 0.05) is 24.0 Å². The van der Waals surface area contributed by atoms with Crippen molar-refractivity contribution >= 4 is 40.3 Å². The van der Waals surface area contributed by atoms with Gasteiger partial charge in [0.2, 0.25) is 5.91 Å². The van der Waals surface area contributed by atoms with E-state index in [9.17, 15) is 4.79 Å². The molecule has 1 aliphatic heterocycles. The molecular weight excluding hydrogens is 428 g/mol.